The van der Waals surface area contributed by atoms with E-state index in [0.29, 0.717) is 21.5 Å². The lowest BCUT2D eigenvalue weighted by molar-refractivity contribution is -0.122. The van der Waals surface area contributed by atoms with E-state index < -0.39 is 0 Å². The average molecular weight is 293 g/mol. The molecule has 19 heavy (non-hydrogen) atoms. The summed E-state index contributed by atoms with van der Waals surface area (Å²) in [6, 6.07) is 5.66. The van der Waals surface area contributed by atoms with Crippen LogP contribution in [0.5, 0.6) is 11.5 Å². The van der Waals surface area contributed by atoms with Gasteiger partial charge in [0.1, 0.15) is 4.32 Å². The highest BCUT2D eigenvalue weighted by Gasteiger charge is 2.31. The number of fused-ring (bicyclic) bond motifs is 1. The van der Waals surface area contributed by atoms with Crippen molar-refractivity contribution in [3.8, 4) is 11.5 Å². The molecule has 98 valence electrons. The third-order valence-corrected chi connectivity index (χ3v) is 4.41. The topological polar surface area (TPSA) is 38.8 Å². The van der Waals surface area contributed by atoms with Crippen LogP contribution < -0.4 is 9.47 Å². The van der Waals surface area contributed by atoms with E-state index in [1.54, 1.807) is 11.0 Å². The molecule has 0 aliphatic carbocycles. The molecular weight excluding hydrogens is 282 g/mol. The van der Waals surface area contributed by atoms with E-state index >= 15 is 0 Å². The number of nitrogens with zero attached hydrogens (tertiary/aromatic N) is 1. The number of hydrogen-bond donors (Lipinski definition) is 0. The maximum absolute atomic E-state index is 12.1. The van der Waals surface area contributed by atoms with Crippen LogP contribution in [-0.2, 0) is 11.3 Å². The van der Waals surface area contributed by atoms with Gasteiger partial charge in [-0.05, 0) is 24.6 Å². The number of thiocarbonyl (C=S) groups is 1. The van der Waals surface area contributed by atoms with Gasteiger partial charge in [-0.1, -0.05) is 36.1 Å². The summed E-state index contributed by atoms with van der Waals surface area (Å²) in [6.07, 6.45) is 1.79. The van der Waals surface area contributed by atoms with Gasteiger partial charge in [-0.3, -0.25) is 9.69 Å². The van der Waals surface area contributed by atoms with Gasteiger partial charge in [0.2, 0.25) is 6.79 Å². The fourth-order valence-electron chi connectivity index (χ4n) is 1.95. The van der Waals surface area contributed by atoms with Crippen LogP contribution in [0.2, 0.25) is 0 Å². The molecule has 6 heteroatoms. The van der Waals surface area contributed by atoms with Gasteiger partial charge in [0, 0.05) is 0 Å². The lowest BCUT2D eigenvalue weighted by Gasteiger charge is -2.14. The SMILES string of the molecule is C/C=C1\SC(=S)N(Cc2ccc3c(c2)OCO3)C1=O. The Hall–Kier alpha value is -1.53. The third-order valence-electron chi connectivity index (χ3n) is 2.91. The first-order valence-electron chi connectivity index (χ1n) is 5.77. The maximum Gasteiger partial charge on any atom is 0.266 e. The minimum absolute atomic E-state index is 0.0323. The number of allylic oxidation sites excluding steroid dienone is 1. The summed E-state index contributed by atoms with van der Waals surface area (Å²) in [5.41, 5.74) is 0.970. The molecule has 3 rings (SSSR count). The molecule has 4 nitrogen and oxygen atoms in total. The van der Waals surface area contributed by atoms with Gasteiger partial charge in [0.25, 0.3) is 5.91 Å². The van der Waals surface area contributed by atoms with Gasteiger partial charge in [0.15, 0.2) is 11.5 Å². The van der Waals surface area contributed by atoms with Gasteiger partial charge in [-0.2, -0.15) is 0 Å². The predicted molar refractivity (Wildman–Crippen MR) is 77.1 cm³/mol. The molecule has 1 aromatic carbocycles. The van der Waals surface area contributed by atoms with Crippen molar-refractivity contribution >= 4 is 34.2 Å². The van der Waals surface area contributed by atoms with Gasteiger partial charge < -0.3 is 9.47 Å². The van der Waals surface area contributed by atoms with Crippen molar-refractivity contribution < 1.29 is 14.3 Å². The minimum atomic E-state index is -0.0323. The van der Waals surface area contributed by atoms with Crippen molar-refractivity contribution in [2.24, 2.45) is 0 Å². The molecule has 1 saturated heterocycles. The van der Waals surface area contributed by atoms with E-state index in [1.807, 2.05) is 25.1 Å². The highest BCUT2D eigenvalue weighted by Crippen LogP contribution is 2.35. The Balaban J connectivity index is 1.82. The smallest absolute Gasteiger partial charge is 0.266 e. The summed E-state index contributed by atoms with van der Waals surface area (Å²) in [4.78, 5) is 14.4. The van der Waals surface area contributed by atoms with Crippen LogP contribution in [-0.4, -0.2) is 21.9 Å². The van der Waals surface area contributed by atoms with Crippen LogP contribution in [0, 0.1) is 0 Å². The Morgan fingerprint density at radius 3 is 2.95 bits per heavy atom. The van der Waals surface area contributed by atoms with Crippen molar-refractivity contribution in [2.45, 2.75) is 13.5 Å². The Morgan fingerprint density at radius 1 is 1.42 bits per heavy atom. The van der Waals surface area contributed by atoms with Crippen molar-refractivity contribution in [3.63, 3.8) is 0 Å². The molecule has 0 spiro atoms. The third kappa shape index (κ3) is 2.21. The summed E-state index contributed by atoms with van der Waals surface area (Å²) in [5, 5.41) is 0. The Bertz CT molecular complexity index is 598. The molecule has 2 aliphatic heterocycles. The zero-order valence-corrected chi connectivity index (χ0v) is 11.8. The highest BCUT2D eigenvalue weighted by atomic mass is 32.2. The predicted octanol–water partition coefficient (Wildman–Crippen LogP) is 2.68. The molecular formula is C13H11NO3S2. The second-order valence-corrected chi connectivity index (χ2v) is 5.78. The standard InChI is InChI=1S/C13H11NO3S2/c1-2-11-12(15)14(13(18)19-11)6-8-3-4-9-10(5-8)17-7-16-9/h2-5H,6-7H2,1H3/b11-2-. The number of ether oxygens (including phenoxy) is 2. The number of benzene rings is 1. The van der Waals surface area contributed by atoms with Crippen LogP contribution in [0.25, 0.3) is 0 Å². The highest BCUT2D eigenvalue weighted by molar-refractivity contribution is 8.26. The van der Waals surface area contributed by atoms with E-state index in [9.17, 15) is 4.79 Å². The number of rotatable bonds is 2. The van der Waals surface area contributed by atoms with Crippen LogP contribution in [0.15, 0.2) is 29.2 Å². The first kappa shape index (κ1) is 12.5. The van der Waals surface area contributed by atoms with Gasteiger partial charge in [0.05, 0.1) is 11.4 Å². The summed E-state index contributed by atoms with van der Waals surface area (Å²) in [7, 11) is 0. The zero-order valence-electron chi connectivity index (χ0n) is 10.2. The Kier molecular flexibility index (Phi) is 3.20. The lowest BCUT2D eigenvalue weighted by Crippen LogP contribution is -2.27. The quantitative estimate of drug-likeness (QED) is 0.619. The molecule has 0 atom stereocenters. The molecule has 2 heterocycles. The number of carbonyl (C=O) groups is 1. The van der Waals surface area contributed by atoms with Crippen molar-refractivity contribution in [3.05, 3.63) is 34.7 Å². The van der Waals surface area contributed by atoms with Crippen molar-refractivity contribution in [1.82, 2.24) is 4.90 Å². The van der Waals surface area contributed by atoms with Crippen LogP contribution in [0.3, 0.4) is 0 Å². The van der Waals surface area contributed by atoms with Crippen molar-refractivity contribution in [2.75, 3.05) is 6.79 Å². The first-order chi connectivity index (χ1) is 9.19. The van der Waals surface area contributed by atoms with Crippen LogP contribution in [0.4, 0.5) is 0 Å². The molecule has 1 aromatic rings. The second kappa shape index (κ2) is 4.86. The van der Waals surface area contributed by atoms with E-state index in [-0.39, 0.29) is 12.7 Å². The zero-order chi connectivity index (χ0) is 13.4. The monoisotopic (exact) mass is 293 g/mol. The van der Waals surface area contributed by atoms with Crippen LogP contribution >= 0.6 is 24.0 Å². The summed E-state index contributed by atoms with van der Waals surface area (Å²) in [5.74, 6) is 1.42. The normalized spacial score (nSPS) is 19.6. The van der Waals surface area contributed by atoms with Gasteiger partial charge in [-0.15, -0.1) is 0 Å². The molecule has 0 saturated carbocycles. The molecule has 1 fully saturated rings. The van der Waals surface area contributed by atoms with E-state index in [0.717, 1.165) is 11.3 Å². The largest absolute Gasteiger partial charge is 0.454 e. The molecule has 0 N–H and O–H groups in total. The van der Waals surface area contributed by atoms with E-state index in [4.69, 9.17) is 21.7 Å². The minimum Gasteiger partial charge on any atom is -0.454 e. The second-order valence-electron chi connectivity index (χ2n) is 4.10. The fraction of sp³-hybridized carbons (Fsp3) is 0.231. The number of carbonyl (C=O) groups excluding carboxylic acids is 1. The lowest BCUT2D eigenvalue weighted by atomic mass is 10.2. The number of amides is 1. The molecule has 0 radical (unpaired) electrons. The van der Waals surface area contributed by atoms with Gasteiger partial charge >= 0.3 is 0 Å². The number of thioether (sulfide) groups is 1. The molecule has 0 unspecified atom stereocenters. The maximum atomic E-state index is 12.1. The average Bonchev–Trinajstić information content (AvgIpc) is 2.97. The molecule has 0 aromatic heterocycles. The Labute approximate surface area is 120 Å². The fourth-order valence-corrected chi connectivity index (χ4v) is 3.13. The van der Waals surface area contributed by atoms with Gasteiger partial charge in [-0.25, -0.2) is 0 Å². The first-order valence-corrected chi connectivity index (χ1v) is 7.00. The summed E-state index contributed by atoms with van der Waals surface area (Å²) >= 11 is 6.57. The van der Waals surface area contributed by atoms with Crippen LogP contribution in [0.1, 0.15) is 12.5 Å². The summed E-state index contributed by atoms with van der Waals surface area (Å²) < 4.78 is 11.2. The Morgan fingerprint density at radius 2 is 2.21 bits per heavy atom. The summed E-state index contributed by atoms with van der Waals surface area (Å²) in [6.45, 7) is 2.55. The van der Waals surface area contributed by atoms with E-state index in [1.165, 1.54) is 11.8 Å². The van der Waals surface area contributed by atoms with Crippen molar-refractivity contribution in [1.29, 1.82) is 0 Å². The molecule has 2 aliphatic rings. The molecule has 0 bridgehead atoms. The van der Waals surface area contributed by atoms with E-state index in [2.05, 4.69) is 0 Å². The number of hydrogen-bond acceptors (Lipinski definition) is 5. The molecule has 1 amide bonds.